The molecule has 3 heteroatoms. The van der Waals surface area contributed by atoms with E-state index in [1.165, 1.54) is 25.7 Å². The predicted molar refractivity (Wildman–Crippen MR) is 57.2 cm³/mol. The molecule has 0 saturated heterocycles. The van der Waals surface area contributed by atoms with Gasteiger partial charge in [0.2, 0.25) is 0 Å². The lowest BCUT2D eigenvalue weighted by molar-refractivity contribution is 0.448. The third-order valence-corrected chi connectivity index (χ3v) is 3.29. The number of hydrogen-bond acceptors (Lipinski definition) is 1. The summed E-state index contributed by atoms with van der Waals surface area (Å²) in [5.74, 6) is 0.463. The molecule has 0 aliphatic rings. The molecule has 0 aromatic rings. The second-order valence-electron chi connectivity index (χ2n) is 3.66. The van der Waals surface area contributed by atoms with Crippen LogP contribution in [0.3, 0.4) is 0 Å². The van der Waals surface area contributed by atoms with E-state index >= 15 is 0 Å². The predicted octanol–water partition coefficient (Wildman–Crippen LogP) is 3.72. The van der Waals surface area contributed by atoms with Crippen molar-refractivity contribution in [2.24, 2.45) is 5.92 Å². The zero-order valence-electron chi connectivity index (χ0n) is 8.83. The van der Waals surface area contributed by atoms with Gasteiger partial charge in [0.05, 0.1) is 0 Å². The zero-order chi connectivity index (χ0) is 10.1. The van der Waals surface area contributed by atoms with E-state index in [4.69, 9.17) is 4.89 Å². The van der Waals surface area contributed by atoms with E-state index < -0.39 is 8.03 Å². The summed E-state index contributed by atoms with van der Waals surface area (Å²) in [4.78, 5) is 8.77. The summed E-state index contributed by atoms with van der Waals surface area (Å²) in [6.07, 6.45) is 7.70. The minimum absolute atomic E-state index is 0.463. The van der Waals surface area contributed by atoms with Crippen molar-refractivity contribution in [3.63, 3.8) is 0 Å². The van der Waals surface area contributed by atoms with E-state index in [0.717, 1.165) is 12.8 Å². The molecule has 2 unspecified atom stereocenters. The van der Waals surface area contributed by atoms with Crippen LogP contribution in [0.15, 0.2) is 0 Å². The molecular weight excluding hydrogens is 183 g/mol. The molecular formula is C10H22O2P+. The molecule has 0 aliphatic heterocycles. The van der Waals surface area contributed by atoms with Gasteiger partial charge in [-0.05, 0) is 17.4 Å². The van der Waals surface area contributed by atoms with Gasteiger partial charge >= 0.3 is 8.03 Å². The van der Waals surface area contributed by atoms with Crippen LogP contribution < -0.4 is 0 Å². The molecule has 0 heterocycles. The first-order valence-electron chi connectivity index (χ1n) is 5.34. The van der Waals surface area contributed by atoms with E-state index in [0.29, 0.717) is 12.1 Å². The maximum absolute atomic E-state index is 10.6. The van der Waals surface area contributed by atoms with E-state index in [1.807, 2.05) is 0 Å². The summed E-state index contributed by atoms with van der Waals surface area (Å²) in [7, 11) is -1.92. The minimum Gasteiger partial charge on any atom is -0.161 e. The van der Waals surface area contributed by atoms with Crippen molar-refractivity contribution in [1.82, 2.24) is 0 Å². The maximum Gasteiger partial charge on any atom is 0.505 e. The smallest absolute Gasteiger partial charge is 0.161 e. The fourth-order valence-corrected chi connectivity index (χ4v) is 2.39. The molecule has 78 valence electrons. The molecule has 0 aromatic heterocycles. The SMILES string of the molecule is CCCCCCC(CC)C[P+](=O)O. The molecule has 2 nitrogen and oxygen atoms in total. The Kier molecular flexibility index (Phi) is 8.69. The summed E-state index contributed by atoms with van der Waals surface area (Å²) >= 11 is 0. The second kappa shape index (κ2) is 8.65. The monoisotopic (exact) mass is 205 g/mol. The average molecular weight is 205 g/mol. The van der Waals surface area contributed by atoms with Gasteiger partial charge in [0.25, 0.3) is 0 Å². The van der Waals surface area contributed by atoms with Gasteiger partial charge in [-0.3, -0.25) is 0 Å². The Morgan fingerprint density at radius 3 is 2.38 bits per heavy atom. The molecule has 0 saturated carbocycles. The van der Waals surface area contributed by atoms with Crippen molar-refractivity contribution in [2.45, 2.75) is 52.4 Å². The lowest BCUT2D eigenvalue weighted by atomic mass is 10.0. The van der Waals surface area contributed by atoms with Crippen molar-refractivity contribution >= 4 is 8.03 Å². The first-order chi connectivity index (χ1) is 6.20. The Balaban J connectivity index is 3.42. The Hall–Kier alpha value is 0.0600. The Labute approximate surface area is 82.6 Å². The molecule has 0 amide bonds. The zero-order valence-corrected chi connectivity index (χ0v) is 9.72. The van der Waals surface area contributed by atoms with Crippen LogP contribution in [0.25, 0.3) is 0 Å². The molecule has 1 N–H and O–H groups in total. The van der Waals surface area contributed by atoms with Gasteiger partial charge in [0.15, 0.2) is 6.16 Å². The van der Waals surface area contributed by atoms with Gasteiger partial charge in [0, 0.05) is 5.92 Å². The molecule has 0 aliphatic carbocycles. The van der Waals surface area contributed by atoms with Crippen LogP contribution in [0.5, 0.6) is 0 Å². The van der Waals surface area contributed by atoms with Gasteiger partial charge < -0.3 is 0 Å². The lowest BCUT2D eigenvalue weighted by Gasteiger charge is -2.07. The van der Waals surface area contributed by atoms with Crippen LogP contribution in [0.4, 0.5) is 0 Å². The molecule has 0 aromatic carbocycles. The molecule has 0 fully saturated rings. The van der Waals surface area contributed by atoms with Crippen LogP contribution >= 0.6 is 8.03 Å². The normalized spacial score (nSPS) is 14.2. The van der Waals surface area contributed by atoms with E-state index in [2.05, 4.69) is 13.8 Å². The largest absolute Gasteiger partial charge is 0.505 e. The van der Waals surface area contributed by atoms with Crippen molar-refractivity contribution < 1.29 is 9.46 Å². The van der Waals surface area contributed by atoms with Crippen molar-refractivity contribution in [1.29, 1.82) is 0 Å². The van der Waals surface area contributed by atoms with Crippen LogP contribution in [-0.4, -0.2) is 11.1 Å². The van der Waals surface area contributed by atoms with Gasteiger partial charge in [-0.25, -0.2) is 0 Å². The van der Waals surface area contributed by atoms with Crippen molar-refractivity contribution in [3.8, 4) is 0 Å². The summed E-state index contributed by atoms with van der Waals surface area (Å²) in [6, 6.07) is 0. The Morgan fingerprint density at radius 1 is 1.23 bits per heavy atom. The quantitative estimate of drug-likeness (QED) is 0.484. The van der Waals surface area contributed by atoms with Crippen molar-refractivity contribution in [2.75, 3.05) is 6.16 Å². The fourth-order valence-electron chi connectivity index (χ4n) is 1.51. The van der Waals surface area contributed by atoms with E-state index in [9.17, 15) is 4.57 Å². The number of rotatable bonds is 8. The van der Waals surface area contributed by atoms with Crippen LogP contribution in [0.2, 0.25) is 0 Å². The van der Waals surface area contributed by atoms with Crippen LogP contribution in [0.1, 0.15) is 52.4 Å². The topological polar surface area (TPSA) is 37.3 Å². The number of unbranched alkanes of at least 4 members (excludes halogenated alkanes) is 3. The molecule has 2 atom stereocenters. The van der Waals surface area contributed by atoms with E-state index in [1.54, 1.807) is 0 Å². The Morgan fingerprint density at radius 2 is 1.92 bits per heavy atom. The number of hydrogen-bond donors (Lipinski definition) is 1. The molecule has 0 bridgehead atoms. The summed E-state index contributed by atoms with van der Waals surface area (Å²) in [5, 5.41) is 0. The molecule has 13 heavy (non-hydrogen) atoms. The fraction of sp³-hybridized carbons (Fsp3) is 1.00. The highest BCUT2D eigenvalue weighted by atomic mass is 31.1. The first kappa shape index (κ1) is 13.1. The van der Waals surface area contributed by atoms with Crippen molar-refractivity contribution in [3.05, 3.63) is 0 Å². The average Bonchev–Trinajstić information content (AvgIpc) is 2.09. The molecule has 0 rings (SSSR count). The second-order valence-corrected chi connectivity index (χ2v) is 4.73. The summed E-state index contributed by atoms with van der Waals surface area (Å²) in [5.41, 5.74) is 0. The van der Waals surface area contributed by atoms with Crippen LogP contribution in [0, 0.1) is 5.92 Å². The third-order valence-electron chi connectivity index (χ3n) is 2.46. The highest BCUT2D eigenvalue weighted by molar-refractivity contribution is 7.38. The lowest BCUT2D eigenvalue weighted by Crippen LogP contribution is -2.01. The maximum atomic E-state index is 10.6. The van der Waals surface area contributed by atoms with Gasteiger partial charge in [-0.15, -0.1) is 0 Å². The van der Waals surface area contributed by atoms with E-state index in [-0.39, 0.29) is 0 Å². The highest BCUT2D eigenvalue weighted by Gasteiger charge is 2.18. The van der Waals surface area contributed by atoms with Crippen LogP contribution in [-0.2, 0) is 4.57 Å². The van der Waals surface area contributed by atoms with Gasteiger partial charge in [0.1, 0.15) is 0 Å². The summed E-state index contributed by atoms with van der Waals surface area (Å²) in [6.45, 7) is 4.30. The molecule has 0 spiro atoms. The highest BCUT2D eigenvalue weighted by Crippen LogP contribution is 2.24. The standard InChI is InChI=1S/C10H21O2P/c1-3-5-6-7-8-10(4-2)9-13(11)12/h10H,3-9H2,1-2H3/p+1. The summed E-state index contributed by atoms with van der Waals surface area (Å²) < 4.78 is 10.6. The first-order valence-corrected chi connectivity index (χ1v) is 6.74. The third kappa shape index (κ3) is 8.39. The Bertz CT molecular complexity index is 137. The van der Waals surface area contributed by atoms with Gasteiger partial charge in [-0.2, -0.15) is 4.89 Å². The minimum atomic E-state index is -1.92. The molecule has 0 radical (unpaired) electrons. The van der Waals surface area contributed by atoms with Gasteiger partial charge in [-0.1, -0.05) is 39.5 Å².